The van der Waals surface area contributed by atoms with Crippen LogP contribution in [0.15, 0.2) is 66.7 Å². The zero-order valence-electron chi connectivity index (χ0n) is 12.6. The van der Waals surface area contributed by atoms with Crippen molar-refractivity contribution in [3.05, 3.63) is 83.4 Å². The van der Waals surface area contributed by atoms with E-state index in [-0.39, 0.29) is 16.9 Å². The molecule has 118 valence electrons. The monoisotopic (exact) mass is 318 g/mol. The van der Waals surface area contributed by atoms with Crippen LogP contribution >= 0.6 is 0 Å². The molecule has 3 aromatic rings. The molecular formula is C20H14O4. The number of hydrogen-bond donors (Lipinski definition) is 2. The maximum Gasteiger partial charge on any atom is 0.335 e. The molecule has 4 heteroatoms. The van der Waals surface area contributed by atoms with E-state index in [9.17, 15) is 14.7 Å². The van der Waals surface area contributed by atoms with Crippen molar-refractivity contribution < 1.29 is 19.8 Å². The molecule has 0 aliphatic heterocycles. The lowest BCUT2D eigenvalue weighted by Gasteiger charge is -2.03. The summed E-state index contributed by atoms with van der Waals surface area (Å²) < 4.78 is 0. The summed E-state index contributed by atoms with van der Waals surface area (Å²) >= 11 is 0. The Hall–Kier alpha value is -3.40. The normalized spacial score (nSPS) is 11.0. The topological polar surface area (TPSA) is 74.6 Å². The number of aromatic hydroxyl groups is 1. The maximum atomic E-state index is 12.2. The van der Waals surface area contributed by atoms with Crippen LogP contribution in [0, 0.1) is 0 Å². The number of carboxylic acids is 1. The minimum Gasteiger partial charge on any atom is -0.507 e. The van der Waals surface area contributed by atoms with E-state index in [4.69, 9.17) is 5.11 Å². The molecule has 4 nitrogen and oxygen atoms in total. The molecule has 0 saturated heterocycles. The fraction of sp³-hybridized carbons (Fsp3) is 0. The van der Waals surface area contributed by atoms with Gasteiger partial charge in [-0.15, -0.1) is 0 Å². The van der Waals surface area contributed by atoms with Crippen LogP contribution in [0.1, 0.15) is 26.3 Å². The van der Waals surface area contributed by atoms with Crippen LogP contribution in [-0.4, -0.2) is 22.0 Å². The van der Waals surface area contributed by atoms with Crippen LogP contribution in [-0.2, 0) is 0 Å². The van der Waals surface area contributed by atoms with Gasteiger partial charge in [-0.05, 0) is 46.7 Å². The number of fused-ring (bicyclic) bond motifs is 1. The van der Waals surface area contributed by atoms with Crippen molar-refractivity contribution in [1.82, 2.24) is 0 Å². The minimum atomic E-state index is -1.15. The van der Waals surface area contributed by atoms with Gasteiger partial charge in [-0.3, -0.25) is 4.79 Å². The Bertz CT molecular complexity index is 970. The molecule has 0 aromatic heterocycles. The lowest BCUT2D eigenvalue weighted by Crippen LogP contribution is -2.01. The molecule has 0 radical (unpaired) electrons. The Morgan fingerprint density at radius 1 is 0.875 bits per heavy atom. The van der Waals surface area contributed by atoms with E-state index in [1.165, 1.54) is 24.3 Å². The highest BCUT2D eigenvalue weighted by molar-refractivity contribution is 6.09. The fourth-order valence-electron chi connectivity index (χ4n) is 2.44. The van der Waals surface area contributed by atoms with Crippen molar-refractivity contribution in [1.29, 1.82) is 0 Å². The van der Waals surface area contributed by atoms with E-state index in [0.29, 0.717) is 0 Å². The first-order chi connectivity index (χ1) is 11.5. The zero-order chi connectivity index (χ0) is 17.1. The van der Waals surface area contributed by atoms with E-state index >= 15 is 0 Å². The van der Waals surface area contributed by atoms with Gasteiger partial charge in [0.15, 0.2) is 5.78 Å². The van der Waals surface area contributed by atoms with E-state index in [2.05, 4.69) is 0 Å². The largest absolute Gasteiger partial charge is 0.507 e. The van der Waals surface area contributed by atoms with Crippen molar-refractivity contribution in [3.8, 4) is 5.75 Å². The molecule has 3 aromatic carbocycles. The molecule has 3 rings (SSSR count). The number of aromatic carboxylic acids is 1. The van der Waals surface area contributed by atoms with Crippen LogP contribution in [0.25, 0.3) is 16.8 Å². The summed E-state index contributed by atoms with van der Waals surface area (Å²) in [6.07, 6.45) is 2.96. The molecule has 0 aliphatic rings. The average molecular weight is 318 g/mol. The standard InChI is InChI=1S/C20H14O4/c21-18(17-12-16(20(23)24)8-10-19(17)22)9-6-13-5-7-14-3-1-2-4-15(14)11-13/h1-12,22H,(H,23,24)/b9-6+. The highest BCUT2D eigenvalue weighted by Crippen LogP contribution is 2.21. The second-order valence-electron chi connectivity index (χ2n) is 5.34. The molecule has 2 N–H and O–H groups in total. The Kier molecular flexibility index (Phi) is 4.12. The number of ketones is 1. The quantitative estimate of drug-likeness (QED) is 0.560. The minimum absolute atomic E-state index is 0.0352. The lowest BCUT2D eigenvalue weighted by atomic mass is 10.0. The van der Waals surface area contributed by atoms with Crippen LogP contribution in [0.5, 0.6) is 5.75 Å². The Labute approximate surface area is 138 Å². The van der Waals surface area contributed by atoms with Gasteiger partial charge < -0.3 is 10.2 Å². The SMILES string of the molecule is O=C(O)c1ccc(O)c(C(=O)/C=C/c2ccc3ccccc3c2)c1. The number of carboxylic acid groups (broad SMARTS) is 1. The first-order valence-electron chi connectivity index (χ1n) is 7.32. The summed E-state index contributed by atoms with van der Waals surface area (Å²) in [5.41, 5.74) is 0.762. The van der Waals surface area contributed by atoms with Gasteiger partial charge in [-0.2, -0.15) is 0 Å². The molecule has 0 aliphatic carbocycles. The van der Waals surface area contributed by atoms with Gasteiger partial charge in [-0.25, -0.2) is 4.79 Å². The smallest absolute Gasteiger partial charge is 0.335 e. The van der Waals surface area contributed by atoms with E-state index in [1.807, 2.05) is 42.5 Å². The molecular weight excluding hydrogens is 304 g/mol. The Morgan fingerprint density at radius 3 is 2.38 bits per heavy atom. The van der Waals surface area contributed by atoms with Crippen molar-refractivity contribution >= 4 is 28.6 Å². The van der Waals surface area contributed by atoms with Gasteiger partial charge in [0.2, 0.25) is 0 Å². The summed E-state index contributed by atoms with van der Waals surface area (Å²) in [6.45, 7) is 0. The number of hydrogen-bond acceptors (Lipinski definition) is 3. The second kappa shape index (κ2) is 6.38. The van der Waals surface area contributed by atoms with E-state index in [0.717, 1.165) is 16.3 Å². The molecule has 0 fully saturated rings. The Balaban J connectivity index is 1.89. The maximum absolute atomic E-state index is 12.2. The molecule has 0 heterocycles. The third-order valence-electron chi connectivity index (χ3n) is 3.71. The fourth-order valence-corrected chi connectivity index (χ4v) is 2.44. The molecule has 0 spiro atoms. The summed E-state index contributed by atoms with van der Waals surface area (Å²) in [6, 6.07) is 17.3. The lowest BCUT2D eigenvalue weighted by molar-refractivity contribution is 0.0697. The van der Waals surface area contributed by atoms with Crippen molar-refractivity contribution in [2.75, 3.05) is 0 Å². The van der Waals surface area contributed by atoms with Gasteiger partial charge in [0.25, 0.3) is 0 Å². The number of rotatable bonds is 4. The summed E-state index contributed by atoms with van der Waals surface area (Å²) in [4.78, 5) is 23.2. The number of benzene rings is 3. The van der Waals surface area contributed by atoms with Crippen LogP contribution < -0.4 is 0 Å². The number of phenolic OH excluding ortho intramolecular Hbond substituents is 1. The van der Waals surface area contributed by atoms with Gasteiger partial charge in [0.1, 0.15) is 5.75 Å². The third-order valence-corrected chi connectivity index (χ3v) is 3.71. The predicted octanol–water partition coefficient (Wildman–Crippen LogP) is 4.14. The number of allylic oxidation sites excluding steroid dienone is 1. The summed E-state index contributed by atoms with van der Waals surface area (Å²) in [7, 11) is 0. The number of carbonyl (C=O) groups excluding carboxylic acids is 1. The van der Waals surface area contributed by atoms with E-state index < -0.39 is 11.8 Å². The third kappa shape index (κ3) is 3.17. The van der Waals surface area contributed by atoms with E-state index in [1.54, 1.807) is 6.08 Å². The van der Waals surface area contributed by atoms with Crippen molar-refractivity contribution in [2.24, 2.45) is 0 Å². The first-order valence-corrected chi connectivity index (χ1v) is 7.32. The highest BCUT2D eigenvalue weighted by atomic mass is 16.4. The zero-order valence-corrected chi connectivity index (χ0v) is 12.6. The molecule has 0 atom stereocenters. The first kappa shape index (κ1) is 15.5. The van der Waals surface area contributed by atoms with Gasteiger partial charge in [0, 0.05) is 0 Å². The molecule has 24 heavy (non-hydrogen) atoms. The van der Waals surface area contributed by atoms with Gasteiger partial charge >= 0.3 is 5.97 Å². The van der Waals surface area contributed by atoms with Crippen molar-refractivity contribution in [3.63, 3.8) is 0 Å². The predicted molar refractivity (Wildman–Crippen MR) is 92.4 cm³/mol. The second-order valence-corrected chi connectivity index (χ2v) is 5.34. The molecule has 0 amide bonds. The highest BCUT2D eigenvalue weighted by Gasteiger charge is 2.12. The molecule has 0 unspecified atom stereocenters. The van der Waals surface area contributed by atoms with Gasteiger partial charge in [-0.1, -0.05) is 42.5 Å². The summed E-state index contributed by atoms with van der Waals surface area (Å²) in [5, 5.41) is 20.9. The average Bonchev–Trinajstić information content (AvgIpc) is 2.59. The van der Waals surface area contributed by atoms with Crippen molar-refractivity contribution in [2.45, 2.75) is 0 Å². The van der Waals surface area contributed by atoms with Crippen LogP contribution in [0.2, 0.25) is 0 Å². The number of phenols is 1. The Morgan fingerprint density at radius 2 is 1.62 bits per heavy atom. The van der Waals surface area contributed by atoms with Crippen LogP contribution in [0.3, 0.4) is 0 Å². The molecule has 0 saturated carbocycles. The molecule has 0 bridgehead atoms. The summed E-state index contributed by atoms with van der Waals surface area (Å²) in [5.74, 6) is -1.85. The number of carbonyl (C=O) groups is 2. The van der Waals surface area contributed by atoms with Gasteiger partial charge in [0.05, 0.1) is 11.1 Å². The van der Waals surface area contributed by atoms with Crippen LogP contribution in [0.4, 0.5) is 0 Å².